The van der Waals surface area contributed by atoms with E-state index in [1.807, 2.05) is 32.2 Å². The molecule has 0 aromatic carbocycles. The molecule has 3 heteroatoms. The predicted molar refractivity (Wildman–Crippen MR) is 48.9 cm³/mol. The molecule has 0 radical (unpaired) electrons. The summed E-state index contributed by atoms with van der Waals surface area (Å²) >= 11 is 0. The summed E-state index contributed by atoms with van der Waals surface area (Å²) in [6.45, 7) is 3.99. The lowest BCUT2D eigenvalue weighted by Gasteiger charge is -1.70. The number of aryl methyl sites for hydroxylation is 2. The van der Waals surface area contributed by atoms with Crippen molar-refractivity contribution in [1.82, 2.24) is 15.0 Å². The van der Waals surface area contributed by atoms with Gasteiger partial charge in [-0.1, -0.05) is 0 Å². The summed E-state index contributed by atoms with van der Waals surface area (Å²) < 4.78 is 0. The maximum Gasteiger partial charge on any atom is 0.0921 e. The Hall–Kier alpha value is -1.51. The largest absolute Gasteiger partial charge is 0.365 e. The molecule has 2 N–H and O–H groups in total. The molecule has 0 atom stereocenters. The van der Waals surface area contributed by atoms with E-state index in [9.17, 15) is 0 Å². The van der Waals surface area contributed by atoms with Gasteiger partial charge in [0.25, 0.3) is 0 Å². The van der Waals surface area contributed by atoms with Gasteiger partial charge in [-0.05, 0) is 26.0 Å². The van der Waals surface area contributed by atoms with Crippen molar-refractivity contribution in [2.75, 3.05) is 0 Å². The van der Waals surface area contributed by atoms with Crippen LogP contribution in [-0.4, -0.2) is 15.0 Å². The molecule has 0 amide bonds. The number of H-pyrrole nitrogens is 2. The second-order valence-electron chi connectivity index (χ2n) is 2.59. The van der Waals surface area contributed by atoms with Crippen molar-refractivity contribution in [1.29, 1.82) is 0 Å². The standard InChI is InChI=1S/C5H7N.C4H6N2/c1-5-3-2-4-6-5;1-4-2-5-3-6-4/h2-4,6H,1H3;2-3H,1H3,(H,5,6). The Kier molecular flexibility index (Phi) is 3.14. The molecule has 0 spiro atoms. The number of hydrogen-bond acceptors (Lipinski definition) is 1. The van der Waals surface area contributed by atoms with E-state index in [2.05, 4.69) is 15.0 Å². The van der Waals surface area contributed by atoms with E-state index in [0.717, 1.165) is 5.69 Å². The predicted octanol–water partition coefficient (Wildman–Crippen LogP) is 2.04. The highest BCUT2D eigenvalue weighted by Gasteiger charge is 1.73. The van der Waals surface area contributed by atoms with Crippen LogP contribution in [0.25, 0.3) is 0 Å². The van der Waals surface area contributed by atoms with Crippen molar-refractivity contribution in [3.63, 3.8) is 0 Å². The lowest BCUT2D eigenvalue weighted by Crippen LogP contribution is -1.59. The van der Waals surface area contributed by atoms with Crippen LogP contribution in [0.5, 0.6) is 0 Å². The minimum atomic E-state index is 1.11. The number of nitrogens with zero attached hydrogens (tertiary/aromatic N) is 1. The van der Waals surface area contributed by atoms with E-state index >= 15 is 0 Å². The van der Waals surface area contributed by atoms with Gasteiger partial charge in [-0.2, -0.15) is 0 Å². The summed E-state index contributed by atoms with van der Waals surface area (Å²) in [4.78, 5) is 9.66. The lowest BCUT2D eigenvalue weighted by molar-refractivity contribution is 1.25. The van der Waals surface area contributed by atoms with E-state index in [1.165, 1.54) is 5.69 Å². The quantitative estimate of drug-likeness (QED) is 0.613. The smallest absolute Gasteiger partial charge is 0.0921 e. The van der Waals surface area contributed by atoms with E-state index in [4.69, 9.17) is 0 Å². The van der Waals surface area contributed by atoms with Gasteiger partial charge < -0.3 is 9.97 Å². The molecule has 0 saturated carbocycles. The third kappa shape index (κ3) is 3.05. The van der Waals surface area contributed by atoms with Crippen LogP contribution < -0.4 is 0 Å². The fraction of sp³-hybridized carbons (Fsp3) is 0.222. The van der Waals surface area contributed by atoms with Crippen LogP contribution >= 0.6 is 0 Å². The summed E-state index contributed by atoms with van der Waals surface area (Å²) in [6.07, 6.45) is 5.35. The van der Waals surface area contributed by atoms with Gasteiger partial charge in [0.05, 0.1) is 6.33 Å². The second kappa shape index (κ2) is 4.38. The van der Waals surface area contributed by atoms with Crippen molar-refractivity contribution >= 4 is 0 Å². The number of rotatable bonds is 0. The van der Waals surface area contributed by atoms with E-state index in [1.54, 1.807) is 12.5 Å². The van der Waals surface area contributed by atoms with Crippen molar-refractivity contribution in [2.45, 2.75) is 13.8 Å². The van der Waals surface area contributed by atoms with Crippen molar-refractivity contribution in [2.24, 2.45) is 0 Å². The first-order valence-corrected chi connectivity index (χ1v) is 3.84. The third-order valence-corrected chi connectivity index (χ3v) is 1.39. The molecule has 0 bridgehead atoms. The average molecular weight is 163 g/mol. The first-order chi connectivity index (χ1) is 5.79. The van der Waals surface area contributed by atoms with Crippen LogP contribution in [-0.2, 0) is 0 Å². The van der Waals surface area contributed by atoms with Crippen LogP contribution in [0, 0.1) is 13.8 Å². The fourth-order valence-corrected chi connectivity index (χ4v) is 0.746. The van der Waals surface area contributed by atoms with E-state index < -0.39 is 0 Å². The van der Waals surface area contributed by atoms with E-state index in [0.29, 0.717) is 0 Å². The molecule has 12 heavy (non-hydrogen) atoms. The molecular formula is C9H13N3. The zero-order valence-electron chi connectivity index (χ0n) is 7.33. The lowest BCUT2D eigenvalue weighted by atomic mass is 10.5. The average Bonchev–Trinajstić information content (AvgIpc) is 2.63. The van der Waals surface area contributed by atoms with Crippen LogP contribution in [0.1, 0.15) is 11.4 Å². The number of imidazole rings is 1. The summed E-state index contributed by atoms with van der Waals surface area (Å²) in [6, 6.07) is 4.01. The zero-order valence-corrected chi connectivity index (χ0v) is 7.33. The SMILES string of the molecule is Cc1ccc[nH]1.Cc1cnc[nH]1. The molecule has 2 aromatic heterocycles. The Morgan fingerprint density at radius 2 is 2.00 bits per heavy atom. The van der Waals surface area contributed by atoms with Gasteiger partial charge in [-0.25, -0.2) is 4.98 Å². The third-order valence-electron chi connectivity index (χ3n) is 1.39. The minimum absolute atomic E-state index is 1.11. The second-order valence-corrected chi connectivity index (χ2v) is 2.59. The molecule has 64 valence electrons. The number of hydrogen-bond donors (Lipinski definition) is 2. The van der Waals surface area contributed by atoms with Gasteiger partial charge in [0, 0.05) is 23.8 Å². The molecule has 0 fully saturated rings. The molecule has 2 aromatic rings. The number of aromatic nitrogens is 3. The highest BCUT2D eigenvalue weighted by molar-refractivity contribution is 4.99. The topological polar surface area (TPSA) is 44.5 Å². The summed E-state index contributed by atoms with van der Waals surface area (Å²) in [5, 5.41) is 0. The molecule has 0 unspecified atom stereocenters. The Morgan fingerprint density at radius 1 is 1.17 bits per heavy atom. The van der Waals surface area contributed by atoms with Crippen molar-refractivity contribution < 1.29 is 0 Å². The van der Waals surface area contributed by atoms with E-state index in [-0.39, 0.29) is 0 Å². The molecule has 2 rings (SSSR count). The summed E-state index contributed by atoms with van der Waals surface area (Å²) in [5.41, 5.74) is 2.32. The van der Waals surface area contributed by atoms with Crippen LogP contribution in [0.2, 0.25) is 0 Å². The monoisotopic (exact) mass is 163 g/mol. The first-order valence-electron chi connectivity index (χ1n) is 3.84. The van der Waals surface area contributed by atoms with Crippen LogP contribution in [0.3, 0.4) is 0 Å². The van der Waals surface area contributed by atoms with Crippen molar-refractivity contribution in [3.8, 4) is 0 Å². The highest BCUT2D eigenvalue weighted by Crippen LogP contribution is 1.86. The van der Waals surface area contributed by atoms with Crippen LogP contribution in [0.4, 0.5) is 0 Å². The highest BCUT2D eigenvalue weighted by atomic mass is 14.8. The Labute approximate surface area is 71.9 Å². The van der Waals surface area contributed by atoms with Gasteiger partial charge in [0.1, 0.15) is 0 Å². The first kappa shape index (κ1) is 8.59. The Balaban J connectivity index is 0.000000120. The molecule has 3 nitrogen and oxygen atoms in total. The number of nitrogens with one attached hydrogen (secondary N) is 2. The van der Waals surface area contributed by atoms with Gasteiger partial charge in [0.15, 0.2) is 0 Å². The Bertz CT molecular complexity index is 249. The summed E-state index contributed by atoms with van der Waals surface area (Å²) in [7, 11) is 0. The molecule has 0 saturated heterocycles. The normalized spacial score (nSPS) is 8.83. The molecule has 0 aliphatic carbocycles. The maximum absolute atomic E-state index is 3.77. The minimum Gasteiger partial charge on any atom is -0.365 e. The maximum atomic E-state index is 3.77. The van der Waals surface area contributed by atoms with Gasteiger partial charge >= 0.3 is 0 Å². The van der Waals surface area contributed by atoms with Crippen LogP contribution in [0.15, 0.2) is 30.9 Å². The molecule has 0 aliphatic rings. The van der Waals surface area contributed by atoms with Crippen molar-refractivity contribution in [3.05, 3.63) is 42.2 Å². The Morgan fingerprint density at radius 3 is 2.17 bits per heavy atom. The van der Waals surface area contributed by atoms with Gasteiger partial charge in [-0.15, -0.1) is 0 Å². The zero-order chi connectivity index (χ0) is 8.81. The summed E-state index contributed by atoms with van der Waals surface area (Å²) in [5.74, 6) is 0. The van der Waals surface area contributed by atoms with Gasteiger partial charge in [0.2, 0.25) is 0 Å². The fourth-order valence-electron chi connectivity index (χ4n) is 0.746. The molecule has 0 aliphatic heterocycles. The molecular weight excluding hydrogens is 150 g/mol. The number of aromatic amines is 2. The van der Waals surface area contributed by atoms with Gasteiger partial charge in [-0.3, -0.25) is 0 Å². The molecule has 2 heterocycles.